The van der Waals surface area contributed by atoms with Gasteiger partial charge in [0.15, 0.2) is 0 Å². The monoisotopic (exact) mass is 250 g/mol. The summed E-state index contributed by atoms with van der Waals surface area (Å²) >= 11 is 0. The van der Waals surface area contributed by atoms with Crippen LogP contribution in [-0.2, 0) is 0 Å². The maximum atomic E-state index is 11.7. The zero-order valence-electron chi connectivity index (χ0n) is 11.1. The molecule has 1 aromatic rings. The van der Waals surface area contributed by atoms with Gasteiger partial charge in [-0.1, -0.05) is 13.8 Å². The molecule has 0 unspecified atom stereocenters. The van der Waals surface area contributed by atoms with Crippen molar-refractivity contribution in [3.05, 3.63) is 22.2 Å². The van der Waals surface area contributed by atoms with E-state index in [0.717, 1.165) is 24.6 Å². The summed E-state index contributed by atoms with van der Waals surface area (Å²) < 4.78 is 0. The number of aromatic nitrogens is 2. The Morgan fingerprint density at radius 3 is 2.83 bits per heavy atom. The van der Waals surface area contributed by atoms with Crippen LogP contribution in [0, 0.1) is 0 Å². The summed E-state index contributed by atoms with van der Waals surface area (Å²) in [5.41, 5.74) is 5.50. The summed E-state index contributed by atoms with van der Waals surface area (Å²) in [7, 11) is 0. The fourth-order valence-corrected chi connectivity index (χ4v) is 2.02. The number of H-pyrrole nitrogens is 1. The van der Waals surface area contributed by atoms with Crippen molar-refractivity contribution in [2.45, 2.75) is 45.1 Å². The van der Waals surface area contributed by atoms with Gasteiger partial charge in [0.1, 0.15) is 11.6 Å². The third-order valence-electron chi connectivity index (χ3n) is 3.18. The van der Waals surface area contributed by atoms with Gasteiger partial charge in [-0.05, 0) is 25.8 Å². The molecule has 1 aliphatic rings. The average molecular weight is 250 g/mol. The first-order valence-electron chi connectivity index (χ1n) is 6.69. The zero-order chi connectivity index (χ0) is 13.1. The number of rotatable bonds is 6. The van der Waals surface area contributed by atoms with Crippen molar-refractivity contribution < 1.29 is 0 Å². The molecule has 0 spiro atoms. The van der Waals surface area contributed by atoms with Gasteiger partial charge in [0.25, 0.3) is 5.56 Å². The highest BCUT2D eigenvalue weighted by Gasteiger charge is 2.30. The Morgan fingerprint density at radius 1 is 1.56 bits per heavy atom. The van der Waals surface area contributed by atoms with E-state index in [1.165, 1.54) is 12.8 Å². The van der Waals surface area contributed by atoms with Crippen molar-refractivity contribution in [2.75, 3.05) is 18.0 Å². The number of nitrogens with two attached hydrogens (primary N) is 1. The molecule has 1 aliphatic carbocycles. The molecule has 0 saturated heterocycles. The van der Waals surface area contributed by atoms with E-state index in [0.29, 0.717) is 12.6 Å². The summed E-state index contributed by atoms with van der Waals surface area (Å²) in [6.07, 6.45) is 3.31. The van der Waals surface area contributed by atoms with E-state index in [1.54, 1.807) is 6.07 Å². The summed E-state index contributed by atoms with van der Waals surface area (Å²) in [5.74, 6) is 1.79. The summed E-state index contributed by atoms with van der Waals surface area (Å²) in [6.45, 7) is 5.62. The van der Waals surface area contributed by atoms with Gasteiger partial charge < -0.3 is 15.6 Å². The molecule has 0 atom stereocenters. The van der Waals surface area contributed by atoms with Crippen LogP contribution in [0.4, 0.5) is 5.82 Å². The second kappa shape index (κ2) is 5.52. The van der Waals surface area contributed by atoms with E-state index in [2.05, 4.69) is 14.9 Å². The molecule has 1 saturated carbocycles. The lowest BCUT2D eigenvalue weighted by atomic mass is 10.2. The number of nitrogens with one attached hydrogen (secondary N) is 1. The molecule has 5 nitrogen and oxygen atoms in total. The molecule has 1 fully saturated rings. The molecule has 3 N–H and O–H groups in total. The molecule has 0 aromatic carbocycles. The van der Waals surface area contributed by atoms with Crippen LogP contribution in [0.25, 0.3) is 0 Å². The molecule has 5 heteroatoms. The number of aromatic amines is 1. The Labute approximate surface area is 107 Å². The lowest BCUT2D eigenvalue weighted by molar-refractivity contribution is 0.702. The third kappa shape index (κ3) is 3.10. The van der Waals surface area contributed by atoms with Gasteiger partial charge in [0, 0.05) is 24.6 Å². The summed E-state index contributed by atoms with van der Waals surface area (Å²) in [5, 5.41) is 0. The van der Waals surface area contributed by atoms with Crippen molar-refractivity contribution in [2.24, 2.45) is 5.73 Å². The standard InChI is InChI=1S/C13H22N4O/c1-9(2)13-15-11(8-12(18)16-13)17(7-3-6-14)10-4-5-10/h8-10H,3-7,14H2,1-2H3,(H,15,16,18). The second-order valence-corrected chi connectivity index (χ2v) is 5.21. The number of hydrogen-bond acceptors (Lipinski definition) is 4. The number of hydrogen-bond donors (Lipinski definition) is 2. The van der Waals surface area contributed by atoms with Gasteiger partial charge in [0.2, 0.25) is 0 Å². The van der Waals surface area contributed by atoms with Crippen molar-refractivity contribution in [1.29, 1.82) is 0 Å². The van der Waals surface area contributed by atoms with E-state index >= 15 is 0 Å². The van der Waals surface area contributed by atoms with Crippen molar-refractivity contribution in [3.63, 3.8) is 0 Å². The van der Waals surface area contributed by atoms with Crippen LogP contribution in [-0.4, -0.2) is 29.1 Å². The summed E-state index contributed by atoms with van der Waals surface area (Å²) in [4.78, 5) is 21.3. The zero-order valence-corrected chi connectivity index (χ0v) is 11.1. The molecule has 18 heavy (non-hydrogen) atoms. The van der Waals surface area contributed by atoms with Crippen LogP contribution in [0.1, 0.15) is 44.9 Å². The molecule has 100 valence electrons. The fourth-order valence-electron chi connectivity index (χ4n) is 2.02. The maximum absolute atomic E-state index is 11.7. The highest BCUT2D eigenvalue weighted by atomic mass is 16.1. The molecule has 0 aliphatic heterocycles. The second-order valence-electron chi connectivity index (χ2n) is 5.21. The molecule has 0 bridgehead atoms. The van der Waals surface area contributed by atoms with Crippen LogP contribution in [0.5, 0.6) is 0 Å². The first-order valence-corrected chi connectivity index (χ1v) is 6.69. The van der Waals surface area contributed by atoms with E-state index < -0.39 is 0 Å². The molecule has 1 aromatic heterocycles. The summed E-state index contributed by atoms with van der Waals surface area (Å²) in [6, 6.07) is 2.15. The van der Waals surface area contributed by atoms with Crippen LogP contribution >= 0.6 is 0 Å². The maximum Gasteiger partial charge on any atom is 0.252 e. The van der Waals surface area contributed by atoms with Crippen LogP contribution < -0.4 is 16.2 Å². The van der Waals surface area contributed by atoms with E-state index in [-0.39, 0.29) is 11.5 Å². The Hall–Kier alpha value is -1.36. The van der Waals surface area contributed by atoms with Crippen molar-refractivity contribution in [3.8, 4) is 0 Å². The van der Waals surface area contributed by atoms with Gasteiger partial charge in [-0.25, -0.2) is 4.98 Å². The minimum atomic E-state index is -0.0675. The third-order valence-corrected chi connectivity index (χ3v) is 3.18. The minimum absolute atomic E-state index is 0.0675. The first kappa shape index (κ1) is 13.1. The molecule has 1 heterocycles. The predicted molar refractivity (Wildman–Crippen MR) is 73.0 cm³/mol. The highest BCUT2D eigenvalue weighted by Crippen LogP contribution is 2.30. The number of anilines is 1. The minimum Gasteiger partial charge on any atom is -0.353 e. The topological polar surface area (TPSA) is 75.0 Å². The van der Waals surface area contributed by atoms with E-state index in [1.807, 2.05) is 13.8 Å². The van der Waals surface area contributed by atoms with Crippen LogP contribution in [0.2, 0.25) is 0 Å². The SMILES string of the molecule is CC(C)c1nc(N(CCCN)C2CC2)cc(=O)[nH]1. The number of nitrogens with zero attached hydrogens (tertiary/aromatic N) is 2. The Bertz CT molecular complexity index is 451. The molecular formula is C13H22N4O. The first-order chi connectivity index (χ1) is 8.61. The van der Waals surface area contributed by atoms with Gasteiger partial charge in [0.05, 0.1) is 0 Å². The molecule has 0 radical (unpaired) electrons. The van der Waals surface area contributed by atoms with Crippen molar-refractivity contribution >= 4 is 5.82 Å². The fraction of sp³-hybridized carbons (Fsp3) is 0.692. The molecule has 0 amide bonds. The van der Waals surface area contributed by atoms with Gasteiger partial charge in [-0.15, -0.1) is 0 Å². The quantitative estimate of drug-likeness (QED) is 0.796. The smallest absolute Gasteiger partial charge is 0.252 e. The predicted octanol–water partition coefficient (Wildman–Crippen LogP) is 1.21. The normalized spacial score (nSPS) is 15.1. The molecular weight excluding hydrogens is 228 g/mol. The molecule has 2 rings (SSSR count). The van der Waals surface area contributed by atoms with Crippen molar-refractivity contribution in [1.82, 2.24) is 9.97 Å². The van der Waals surface area contributed by atoms with Gasteiger partial charge in [-0.2, -0.15) is 0 Å². The highest BCUT2D eigenvalue weighted by molar-refractivity contribution is 5.40. The Morgan fingerprint density at radius 2 is 2.28 bits per heavy atom. The largest absolute Gasteiger partial charge is 0.353 e. The van der Waals surface area contributed by atoms with Crippen LogP contribution in [0.3, 0.4) is 0 Å². The van der Waals surface area contributed by atoms with Crippen LogP contribution in [0.15, 0.2) is 10.9 Å². The lowest BCUT2D eigenvalue weighted by Gasteiger charge is -2.23. The Balaban J connectivity index is 2.25. The van der Waals surface area contributed by atoms with E-state index in [9.17, 15) is 4.79 Å². The van der Waals surface area contributed by atoms with E-state index in [4.69, 9.17) is 5.73 Å². The lowest BCUT2D eigenvalue weighted by Crippen LogP contribution is -2.31. The van der Waals surface area contributed by atoms with Gasteiger partial charge in [-0.3, -0.25) is 4.79 Å². The average Bonchev–Trinajstić information content (AvgIpc) is 3.13. The Kier molecular flexibility index (Phi) is 4.01. The van der Waals surface area contributed by atoms with Gasteiger partial charge >= 0.3 is 0 Å².